The molecule has 0 saturated carbocycles. The van der Waals surface area contributed by atoms with Gasteiger partial charge < -0.3 is 11.1 Å². The number of hydrogen-bond donors (Lipinski definition) is 2. The van der Waals surface area contributed by atoms with Crippen LogP contribution in [0.4, 0.5) is 5.69 Å². The molecule has 0 unspecified atom stereocenters. The van der Waals surface area contributed by atoms with Gasteiger partial charge in [-0.05, 0) is 42.3 Å². The second kappa shape index (κ2) is 7.31. The van der Waals surface area contributed by atoms with E-state index in [2.05, 4.69) is 26.2 Å². The smallest absolute Gasteiger partial charge is 0.193 e. The number of nitrogens with two attached hydrogens (primary N) is 1. The van der Waals surface area contributed by atoms with E-state index in [1.54, 1.807) is 0 Å². The van der Waals surface area contributed by atoms with Gasteiger partial charge in [0.1, 0.15) is 0 Å². The molecule has 0 bridgehead atoms. The molecule has 0 amide bonds. The molecule has 0 fully saturated rings. The van der Waals surface area contributed by atoms with Gasteiger partial charge >= 0.3 is 0 Å². The van der Waals surface area contributed by atoms with Gasteiger partial charge in [0.25, 0.3) is 0 Å². The predicted molar refractivity (Wildman–Crippen MR) is 89.4 cm³/mol. The van der Waals surface area contributed by atoms with Gasteiger partial charge in [0, 0.05) is 21.7 Å². The minimum atomic E-state index is 0.411. The highest BCUT2D eigenvalue weighted by Crippen LogP contribution is 2.21. The van der Waals surface area contributed by atoms with E-state index in [0.29, 0.717) is 12.5 Å². The first-order chi connectivity index (χ1) is 9.65. The molecule has 0 aliphatic heterocycles. The minimum Gasteiger partial charge on any atom is -0.370 e. The van der Waals surface area contributed by atoms with Crippen LogP contribution in [-0.2, 0) is 6.42 Å². The molecule has 2 aromatic carbocycles. The van der Waals surface area contributed by atoms with Crippen molar-refractivity contribution in [1.29, 1.82) is 0 Å². The molecule has 20 heavy (non-hydrogen) atoms. The van der Waals surface area contributed by atoms with Crippen LogP contribution in [-0.4, -0.2) is 12.5 Å². The van der Waals surface area contributed by atoms with Gasteiger partial charge in [-0.25, -0.2) is 0 Å². The van der Waals surface area contributed by atoms with Crippen LogP contribution in [0.1, 0.15) is 5.56 Å². The molecule has 2 rings (SSSR count). The Balaban J connectivity index is 1.91. The van der Waals surface area contributed by atoms with E-state index in [1.165, 1.54) is 0 Å². The maximum absolute atomic E-state index is 5.97. The van der Waals surface area contributed by atoms with Crippen LogP contribution in [0.5, 0.6) is 0 Å². The zero-order chi connectivity index (χ0) is 14.4. The summed E-state index contributed by atoms with van der Waals surface area (Å²) in [6.07, 6.45) is 0.776. The number of nitrogens with zero attached hydrogens (tertiary/aromatic N) is 1. The Labute approximate surface area is 132 Å². The highest BCUT2D eigenvalue weighted by molar-refractivity contribution is 9.10. The SMILES string of the molecule is NC(=NCCc1cc(Cl)ccc1Br)Nc1ccccc1. The lowest BCUT2D eigenvalue weighted by Gasteiger charge is -2.06. The van der Waals surface area contributed by atoms with E-state index in [-0.39, 0.29) is 0 Å². The van der Waals surface area contributed by atoms with Gasteiger partial charge in [-0.3, -0.25) is 4.99 Å². The van der Waals surface area contributed by atoms with E-state index in [0.717, 1.165) is 27.2 Å². The fourth-order valence-electron chi connectivity index (χ4n) is 1.74. The maximum atomic E-state index is 5.97. The Morgan fingerprint density at radius 1 is 1.20 bits per heavy atom. The highest BCUT2D eigenvalue weighted by atomic mass is 79.9. The number of guanidine groups is 1. The quantitative estimate of drug-likeness (QED) is 0.643. The summed E-state index contributed by atoms with van der Waals surface area (Å²) < 4.78 is 1.03. The summed E-state index contributed by atoms with van der Waals surface area (Å²) >= 11 is 9.47. The lowest BCUT2D eigenvalue weighted by molar-refractivity contribution is 0.959. The van der Waals surface area contributed by atoms with Gasteiger partial charge in [-0.1, -0.05) is 45.7 Å². The van der Waals surface area contributed by atoms with Crippen molar-refractivity contribution in [2.45, 2.75) is 6.42 Å². The molecule has 3 nitrogen and oxygen atoms in total. The molecule has 0 atom stereocenters. The third kappa shape index (κ3) is 4.54. The Kier molecular flexibility index (Phi) is 5.44. The van der Waals surface area contributed by atoms with Crippen molar-refractivity contribution in [3.05, 3.63) is 63.6 Å². The van der Waals surface area contributed by atoms with E-state index in [4.69, 9.17) is 17.3 Å². The summed E-state index contributed by atoms with van der Waals surface area (Å²) in [7, 11) is 0. The Morgan fingerprint density at radius 2 is 1.95 bits per heavy atom. The molecule has 3 N–H and O–H groups in total. The number of nitrogens with one attached hydrogen (secondary N) is 1. The number of hydrogen-bond acceptors (Lipinski definition) is 1. The largest absolute Gasteiger partial charge is 0.370 e. The average molecular weight is 353 g/mol. The zero-order valence-corrected chi connectivity index (χ0v) is 13.2. The monoisotopic (exact) mass is 351 g/mol. The summed E-state index contributed by atoms with van der Waals surface area (Å²) in [6.45, 7) is 0.602. The van der Waals surface area contributed by atoms with Crippen LogP contribution in [0.15, 0.2) is 58.0 Å². The van der Waals surface area contributed by atoms with E-state index in [9.17, 15) is 0 Å². The van der Waals surface area contributed by atoms with Crippen molar-refractivity contribution in [1.82, 2.24) is 0 Å². The van der Waals surface area contributed by atoms with Gasteiger partial charge in [-0.2, -0.15) is 0 Å². The summed E-state index contributed by atoms with van der Waals surface area (Å²) in [5.74, 6) is 0.411. The van der Waals surface area contributed by atoms with E-state index < -0.39 is 0 Å². The predicted octanol–water partition coefficient (Wildman–Crippen LogP) is 4.07. The third-order valence-electron chi connectivity index (χ3n) is 2.72. The summed E-state index contributed by atoms with van der Waals surface area (Å²) in [5.41, 5.74) is 7.89. The van der Waals surface area contributed by atoms with Crippen LogP contribution >= 0.6 is 27.5 Å². The first kappa shape index (κ1) is 14.9. The summed E-state index contributed by atoms with van der Waals surface area (Å²) in [6, 6.07) is 15.4. The molecule has 0 aliphatic carbocycles. The number of halogens is 2. The number of rotatable bonds is 4. The van der Waals surface area contributed by atoms with Gasteiger partial charge in [0.2, 0.25) is 0 Å². The van der Waals surface area contributed by atoms with Gasteiger partial charge in [-0.15, -0.1) is 0 Å². The van der Waals surface area contributed by atoms with Gasteiger partial charge in [0.05, 0.1) is 0 Å². The first-order valence-electron chi connectivity index (χ1n) is 6.21. The van der Waals surface area contributed by atoms with Crippen LogP contribution in [0.25, 0.3) is 0 Å². The molecular formula is C15H15BrClN3. The van der Waals surface area contributed by atoms with E-state index in [1.807, 2.05) is 48.5 Å². The molecule has 0 radical (unpaired) electrons. The lowest BCUT2D eigenvalue weighted by Crippen LogP contribution is -2.23. The molecular weight excluding hydrogens is 338 g/mol. The first-order valence-corrected chi connectivity index (χ1v) is 7.38. The molecule has 0 heterocycles. The normalized spacial score (nSPS) is 11.4. The molecule has 2 aromatic rings. The number of para-hydroxylation sites is 1. The highest BCUT2D eigenvalue weighted by Gasteiger charge is 2.01. The number of anilines is 1. The fraction of sp³-hybridized carbons (Fsp3) is 0.133. The number of benzene rings is 2. The van der Waals surface area contributed by atoms with Crippen molar-refractivity contribution in [2.75, 3.05) is 11.9 Å². The summed E-state index contributed by atoms with van der Waals surface area (Å²) in [5, 5.41) is 3.77. The van der Waals surface area contributed by atoms with Crippen LogP contribution in [0.3, 0.4) is 0 Å². The van der Waals surface area contributed by atoms with Crippen molar-refractivity contribution in [3.8, 4) is 0 Å². The second-order valence-electron chi connectivity index (χ2n) is 4.24. The van der Waals surface area contributed by atoms with Crippen LogP contribution in [0.2, 0.25) is 5.02 Å². The van der Waals surface area contributed by atoms with Crippen molar-refractivity contribution < 1.29 is 0 Å². The zero-order valence-electron chi connectivity index (χ0n) is 10.8. The maximum Gasteiger partial charge on any atom is 0.193 e. The summed E-state index contributed by atoms with van der Waals surface area (Å²) in [4.78, 5) is 4.30. The van der Waals surface area contributed by atoms with Crippen molar-refractivity contribution in [3.63, 3.8) is 0 Å². The Morgan fingerprint density at radius 3 is 2.70 bits per heavy atom. The van der Waals surface area contributed by atoms with Gasteiger partial charge in [0.15, 0.2) is 5.96 Å². The average Bonchev–Trinajstić information content (AvgIpc) is 2.44. The number of aliphatic imine (C=N–C) groups is 1. The second-order valence-corrected chi connectivity index (χ2v) is 5.53. The Bertz CT molecular complexity index is 599. The molecule has 0 spiro atoms. The Hall–Kier alpha value is -1.52. The topological polar surface area (TPSA) is 50.4 Å². The van der Waals surface area contributed by atoms with Crippen LogP contribution < -0.4 is 11.1 Å². The molecule has 5 heteroatoms. The van der Waals surface area contributed by atoms with Crippen molar-refractivity contribution >= 4 is 39.2 Å². The third-order valence-corrected chi connectivity index (χ3v) is 3.73. The molecule has 0 aliphatic rings. The fourth-order valence-corrected chi connectivity index (χ4v) is 2.38. The minimum absolute atomic E-state index is 0.411. The molecule has 0 aromatic heterocycles. The lowest BCUT2D eigenvalue weighted by atomic mass is 10.1. The molecule has 104 valence electrons. The molecule has 0 saturated heterocycles. The van der Waals surface area contributed by atoms with Crippen LogP contribution in [0, 0.1) is 0 Å². The van der Waals surface area contributed by atoms with E-state index >= 15 is 0 Å². The standard InChI is InChI=1S/C15H15BrClN3/c16-14-7-6-12(17)10-11(14)8-9-19-15(18)20-13-4-2-1-3-5-13/h1-7,10H,8-9H2,(H3,18,19,20). The van der Waals surface area contributed by atoms with Crippen molar-refractivity contribution in [2.24, 2.45) is 10.7 Å².